The van der Waals surface area contributed by atoms with E-state index in [2.05, 4.69) is 36.4 Å². The van der Waals surface area contributed by atoms with E-state index in [1.807, 2.05) is 13.2 Å². The van der Waals surface area contributed by atoms with Crippen LogP contribution in [0.4, 0.5) is 0 Å². The molecule has 80 valence electrons. The van der Waals surface area contributed by atoms with Gasteiger partial charge >= 0.3 is 0 Å². The smallest absolute Gasteiger partial charge is 0.0964 e. The van der Waals surface area contributed by atoms with E-state index in [-0.39, 0.29) is 0 Å². The summed E-state index contributed by atoms with van der Waals surface area (Å²) in [5, 5.41) is 11.2. The molecule has 0 aromatic carbocycles. The second kappa shape index (κ2) is 4.55. The van der Waals surface area contributed by atoms with Gasteiger partial charge in [-0.15, -0.1) is 5.10 Å². The summed E-state index contributed by atoms with van der Waals surface area (Å²) in [4.78, 5) is 0. The van der Waals surface area contributed by atoms with Gasteiger partial charge in [0.05, 0.1) is 5.69 Å². The summed E-state index contributed by atoms with van der Waals surface area (Å²) in [5.74, 6) is 0. The molecule has 0 amide bonds. The molecule has 0 aliphatic heterocycles. The molecule has 1 rings (SSSR count). The van der Waals surface area contributed by atoms with Gasteiger partial charge in [-0.25, -0.2) is 0 Å². The molecule has 1 aromatic heterocycles. The minimum atomic E-state index is 0.398. The highest BCUT2D eigenvalue weighted by Gasteiger charge is 2.08. The van der Waals surface area contributed by atoms with Gasteiger partial charge in [0.25, 0.3) is 0 Å². The van der Waals surface area contributed by atoms with Crippen LogP contribution in [-0.4, -0.2) is 21.5 Å². The number of hydrogen-bond acceptors (Lipinski definition) is 3. The molecule has 1 heterocycles. The number of rotatable bonds is 4. The maximum atomic E-state index is 4.00. The van der Waals surface area contributed by atoms with E-state index < -0.39 is 0 Å². The van der Waals surface area contributed by atoms with Gasteiger partial charge in [-0.2, -0.15) is 0 Å². The zero-order valence-corrected chi connectivity index (χ0v) is 9.54. The second-order valence-electron chi connectivity index (χ2n) is 4.87. The van der Waals surface area contributed by atoms with Crippen LogP contribution in [0.5, 0.6) is 0 Å². The zero-order valence-electron chi connectivity index (χ0n) is 9.54. The molecule has 1 N–H and O–H groups in total. The molecule has 0 saturated carbocycles. The molecule has 0 unspecified atom stereocenters. The van der Waals surface area contributed by atoms with Crippen LogP contribution in [0.25, 0.3) is 0 Å². The third kappa shape index (κ3) is 4.37. The lowest BCUT2D eigenvalue weighted by molar-refractivity contribution is 0.366. The summed E-state index contributed by atoms with van der Waals surface area (Å²) in [6.07, 6.45) is 3.11. The highest BCUT2D eigenvalue weighted by atomic mass is 15.4. The van der Waals surface area contributed by atoms with Crippen LogP contribution in [-0.2, 0) is 13.6 Å². The van der Waals surface area contributed by atoms with E-state index in [0.29, 0.717) is 5.41 Å². The average molecular weight is 196 g/mol. The highest BCUT2D eigenvalue weighted by Crippen LogP contribution is 2.16. The van der Waals surface area contributed by atoms with Crippen LogP contribution in [0.2, 0.25) is 0 Å². The number of nitrogens with zero attached hydrogens (tertiary/aromatic N) is 3. The summed E-state index contributed by atoms with van der Waals surface area (Å²) in [5.41, 5.74) is 1.40. The SMILES string of the molecule is Cn1cc(CNCCC(C)(C)C)nn1. The van der Waals surface area contributed by atoms with Gasteiger partial charge in [0.1, 0.15) is 0 Å². The first-order valence-electron chi connectivity index (χ1n) is 5.03. The number of aromatic nitrogens is 3. The van der Waals surface area contributed by atoms with Gasteiger partial charge in [-0.1, -0.05) is 26.0 Å². The van der Waals surface area contributed by atoms with Crippen molar-refractivity contribution >= 4 is 0 Å². The summed E-state index contributed by atoms with van der Waals surface area (Å²) >= 11 is 0. The lowest BCUT2D eigenvalue weighted by Crippen LogP contribution is -2.20. The van der Waals surface area contributed by atoms with E-state index in [0.717, 1.165) is 18.8 Å². The topological polar surface area (TPSA) is 42.7 Å². The Bertz CT molecular complexity index is 272. The zero-order chi connectivity index (χ0) is 10.6. The minimum Gasteiger partial charge on any atom is -0.311 e. The summed E-state index contributed by atoms with van der Waals surface area (Å²) < 4.78 is 1.72. The lowest BCUT2D eigenvalue weighted by Gasteiger charge is -2.17. The first-order valence-corrected chi connectivity index (χ1v) is 5.03. The van der Waals surface area contributed by atoms with Crippen LogP contribution >= 0.6 is 0 Å². The molecule has 14 heavy (non-hydrogen) atoms. The normalized spacial score (nSPS) is 12.0. The van der Waals surface area contributed by atoms with Crippen molar-refractivity contribution < 1.29 is 0 Å². The van der Waals surface area contributed by atoms with Crippen LogP contribution in [0.3, 0.4) is 0 Å². The highest BCUT2D eigenvalue weighted by molar-refractivity contribution is 4.90. The van der Waals surface area contributed by atoms with Crippen LogP contribution in [0, 0.1) is 5.41 Å². The van der Waals surface area contributed by atoms with Crippen molar-refractivity contribution in [3.63, 3.8) is 0 Å². The van der Waals surface area contributed by atoms with Crippen LogP contribution in [0.1, 0.15) is 32.9 Å². The predicted molar refractivity (Wildman–Crippen MR) is 56.8 cm³/mol. The minimum absolute atomic E-state index is 0.398. The Morgan fingerprint density at radius 1 is 1.43 bits per heavy atom. The first-order chi connectivity index (χ1) is 6.47. The van der Waals surface area contributed by atoms with Gasteiger partial charge in [-0.05, 0) is 18.4 Å². The summed E-state index contributed by atoms with van der Waals surface area (Å²) in [6, 6.07) is 0. The van der Waals surface area contributed by atoms with E-state index in [1.165, 1.54) is 6.42 Å². The van der Waals surface area contributed by atoms with Gasteiger partial charge in [0.2, 0.25) is 0 Å². The molecule has 0 aliphatic carbocycles. The molecule has 0 atom stereocenters. The molecule has 0 aliphatic rings. The number of aryl methyl sites for hydroxylation is 1. The Hall–Kier alpha value is -0.900. The maximum Gasteiger partial charge on any atom is 0.0964 e. The molecule has 1 aromatic rings. The Kier molecular flexibility index (Phi) is 3.63. The fourth-order valence-corrected chi connectivity index (χ4v) is 1.16. The fourth-order valence-electron chi connectivity index (χ4n) is 1.16. The van der Waals surface area contributed by atoms with Crippen molar-refractivity contribution in [2.24, 2.45) is 12.5 Å². The number of nitrogens with one attached hydrogen (secondary N) is 1. The standard InChI is InChI=1S/C10H20N4/c1-10(2,3)5-6-11-7-9-8-14(4)13-12-9/h8,11H,5-7H2,1-4H3. The van der Waals surface area contributed by atoms with Gasteiger partial charge in [0.15, 0.2) is 0 Å². The van der Waals surface area contributed by atoms with Crippen LogP contribution in [0.15, 0.2) is 6.20 Å². The van der Waals surface area contributed by atoms with Crippen molar-refractivity contribution in [3.8, 4) is 0 Å². The lowest BCUT2D eigenvalue weighted by atomic mass is 9.92. The van der Waals surface area contributed by atoms with Gasteiger partial charge in [0, 0.05) is 19.8 Å². The molecular formula is C10H20N4. The van der Waals surface area contributed by atoms with E-state index >= 15 is 0 Å². The summed E-state index contributed by atoms with van der Waals surface area (Å²) in [6.45, 7) is 8.58. The Morgan fingerprint density at radius 3 is 2.64 bits per heavy atom. The maximum absolute atomic E-state index is 4.00. The Labute approximate surface area is 85.7 Å². The second-order valence-corrected chi connectivity index (χ2v) is 4.87. The third-order valence-corrected chi connectivity index (χ3v) is 2.01. The molecular weight excluding hydrogens is 176 g/mol. The van der Waals surface area contributed by atoms with Crippen LogP contribution < -0.4 is 5.32 Å². The predicted octanol–water partition coefficient (Wildman–Crippen LogP) is 1.34. The largest absolute Gasteiger partial charge is 0.311 e. The van der Waals surface area contributed by atoms with Gasteiger partial charge in [-0.3, -0.25) is 4.68 Å². The summed E-state index contributed by atoms with van der Waals surface area (Å²) in [7, 11) is 1.88. The number of hydrogen-bond donors (Lipinski definition) is 1. The van der Waals surface area contributed by atoms with E-state index in [9.17, 15) is 0 Å². The van der Waals surface area contributed by atoms with E-state index in [4.69, 9.17) is 0 Å². The quantitative estimate of drug-likeness (QED) is 0.739. The molecule has 4 nitrogen and oxygen atoms in total. The fraction of sp³-hybridized carbons (Fsp3) is 0.800. The molecule has 4 heteroatoms. The van der Waals surface area contributed by atoms with Crippen molar-refractivity contribution in [1.82, 2.24) is 20.3 Å². The monoisotopic (exact) mass is 196 g/mol. The molecule has 0 fully saturated rings. The Morgan fingerprint density at radius 2 is 2.14 bits per heavy atom. The van der Waals surface area contributed by atoms with Crippen molar-refractivity contribution in [3.05, 3.63) is 11.9 Å². The molecule has 0 bridgehead atoms. The molecule has 0 spiro atoms. The first kappa shape index (κ1) is 11.2. The van der Waals surface area contributed by atoms with Gasteiger partial charge < -0.3 is 5.32 Å². The van der Waals surface area contributed by atoms with Crippen molar-refractivity contribution in [2.45, 2.75) is 33.7 Å². The average Bonchev–Trinajstić information content (AvgIpc) is 2.44. The molecule has 0 saturated heterocycles. The molecule has 0 radical (unpaired) electrons. The Balaban J connectivity index is 2.16. The van der Waals surface area contributed by atoms with Crippen molar-refractivity contribution in [2.75, 3.05) is 6.54 Å². The van der Waals surface area contributed by atoms with E-state index in [1.54, 1.807) is 4.68 Å². The van der Waals surface area contributed by atoms with Crippen molar-refractivity contribution in [1.29, 1.82) is 0 Å². The third-order valence-electron chi connectivity index (χ3n) is 2.01.